The number of benzene rings is 3. The second kappa shape index (κ2) is 8.81. The first-order chi connectivity index (χ1) is 13.5. The number of ether oxygens (including phenoxy) is 1. The van der Waals surface area contributed by atoms with E-state index in [2.05, 4.69) is 17.4 Å². The molecule has 0 fully saturated rings. The average Bonchev–Trinajstić information content (AvgIpc) is 2.73. The molecule has 4 heteroatoms. The van der Waals surface area contributed by atoms with Crippen molar-refractivity contribution in [3.05, 3.63) is 95.8 Å². The minimum Gasteiger partial charge on any atom is -0.372 e. The van der Waals surface area contributed by atoms with Crippen LogP contribution in [-0.4, -0.2) is 19.6 Å². The van der Waals surface area contributed by atoms with E-state index in [0.717, 1.165) is 16.7 Å². The van der Waals surface area contributed by atoms with E-state index in [1.54, 1.807) is 25.1 Å². The fourth-order valence-corrected chi connectivity index (χ4v) is 3.13. The summed E-state index contributed by atoms with van der Waals surface area (Å²) in [4.78, 5) is 12.4. The lowest BCUT2D eigenvalue weighted by atomic mass is 9.95. The van der Waals surface area contributed by atoms with Gasteiger partial charge in [0.05, 0.1) is 13.0 Å². The zero-order valence-corrected chi connectivity index (χ0v) is 16.1. The zero-order valence-electron chi connectivity index (χ0n) is 16.1. The quantitative estimate of drug-likeness (QED) is 0.647. The number of carbonyl (C=O) groups excluding carboxylic acids is 1. The third kappa shape index (κ3) is 4.65. The monoisotopic (exact) mass is 377 g/mol. The number of carbonyl (C=O) groups is 1. The molecule has 3 nitrogen and oxygen atoms in total. The van der Waals surface area contributed by atoms with Crippen LogP contribution in [0.4, 0.5) is 4.39 Å². The van der Waals surface area contributed by atoms with E-state index in [9.17, 15) is 9.18 Å². The van der Waals surface area contributed by atoms with Gasteiger partial charge >= 0.3 is 0 Å². The van der Waals surface area contributed by atoms with Gasteiger partial charge in [-0.2, -0.15) is 0 Å². The summed E-state index contributed by atoms with van der Waals surface area (Å²) in [5.41, 5.74) is 2.65. The van der Waals surface area contributed by atoms with Crippen LogP contribution < -0.4 is 5.32 Å². The van der Waals surface area contributed by atoms with Gasteiger partial charge in [-0.05, 0) is 29.7 Å². The third-order valence-corrected chi connectivity index (χ3v) is 4.94. The molecule has 0 bridgehead atoms. The highest BCUT2D eigenvalue weighted by Gasteiger charge is 2.29. The predicted octanol–water partition coefficient (Wildman–Crippen LogP) is 4.71. The minimum atomic E-state index is -0.932. The van der Waals surface area contributed by atoms with Crippen LogP contribution in [0.5, 0.6) is 0 Å². The molecule has 0 spiro atoms. The van der Waals surface area contributed by atoms with Crippen LogP contribution in [0.25, 0.3) is 11.1 Å². The Labute approximate surface area is 165 Å². The first-order valence-electron chi connectivity index (χ1n) is 9.23. The summed E-state index contributed by atoms with van der Waals surface area (Å²) in [6, 6.07) is 24.5. The topological polar surface area (TPSA) is 38.3 Å². The smallest absolute Gasteiger partial charge is 0.224 e. The second-order valence-electron chi connectivity index (χ2n) is 6.93. The normalized spacial score (nSPS) is 13.0. The third-order valence-electron chi connectivity index (χ3n) is 4.94. The molecule has 1 N–H and O–H groups in total. The molecule has 0 aliphatic carbocycles. The molecule has 3 rings (SSSR count). The van der Waals surface area contributed by atoms with Crippen molar-refractivity contribution in [3.63, 3.8) is 0 Å². The van der Waals surface area contributed by atoms with Crippen molar-refractivity contribution in [2.24, 2.45) is 0 Å². The van der Waals surface area contributed by atoms with Gasteiger partial charge in [-0.1, -0.05) is 72.8 Å². The van der Waals surface area contributed by atoms with Crippen LogP contribution in [0, 0.1) is 5.82 Å². The number of nitrogens with one attached hydrogen (secondary N) is 1. The molecule has 0 radical (unpaired) electrons. The van der Waals surface area contributed by atoms with E-state index in [4.69, 9.17) is 4.74 Å². The van der Waals surface area contributed by atoms with Crippen molar-refractivity contribution in [1.82, 2.24) is 5.32 Å². The molecule has 0 heterocycles. The molecule has 3 aromatic carbocycles. The number of hydrogen-bond acceptors (Lipinski definition) is 2. The van der Waals surface area contributed by atoms with E-state index in [1.165, 1.54) is 13.2 Å². The van der Waals surface area contributed by atoms with Gasteiger partial charge in [0.25, 0.3) is 0 Å². The standard InChI is InChI=1S/C24H24FNO2/c1-24(28-2,21-10-6-7-11-22(21)25)17-26-23(27)16-18-12-14-20(15-13-18)19-8-4-3-5-9-19/h3-15H,16-17H2,1-2H3,(H,26,27). The Bertz CT molecular complexity index is 925. The molecule has 28 heavy (non-hydrogen) atoms. The fourth-order valence-electron chi connectivity index (χ4n) is 3.13. The van der Waals surface area contributed by atoms with Crippen molar-refractivity contribution in [3.8, 4) is 11.1 Å². The maximum Gasteiger partial charge on any atom is 0.224 e. The molecular formula is C24H24FNO2. The number of amides is 1. The van der Waals surface area contributed by atoms with Gasteiger partial charge in [0.2, 0.25) is 5.91 Å². The number of hydrogen-bond donors (Lipinski definition) is 1. The lowest BCUT2D eigenvalue weighted by molar-refractivity contribution is -0.122. The molecule has 3 aromatic rings. The van der Waals surface area contributed by atoms with Crippen molar-refractivity contribution >= 4 is 5.91 Å². The summed E-state index contributed by atoms with van der Waals surface area (Å²) < 4.78 is 19.6. The summed E-state index contributed by atoms with van der Waals surface area (Å²) in [6.07, 6.45) is 0.256. The number of methoxy groups -OCH3 is 1. The van der Waals surface area contributed by atoms with Crippen LogP contribution >= 0.6 is 0 Å². The molecule has 0 aliphatic heterocycles. The maximum absolute atomic E-state index is 14.1. The molecule has 144 valence electrons. The average molecular weight is 377 g/mol. The van der Waals surface area contributed by atoms with Gasteiger partial charge < -0.3 is 10.1 Å². The van der Waals surface area contributed by atoms with Gasteiger partial charge in [0, 0.05) is 12.7 Å². The highest BCUT2D eigenvalue weighted by molar-refractivity contribution is 5.79. The summed E-state index contributed by atoms with van der Waals surface area (Å²) in [6.45, 7) is 1.95. The van der Waals surface area contributed by atoms with E-state index < -0.39 is 5.60 Å². The number of rotatable bonds is 7. The Kier molecular flexibility index (Phi) is 6.22. The Morgan fingerprint density at radius 1 is 0.929 bits per heavy atom. The Morgan fingerprint density at radius 3 is 2.18 bits per heavy atom. The summed E-state index contributed by atoms with van der Waals surface area (Å²) in [5.74, 6) is -0.482. The fraction of sp³-hybridized carbons (Fsp3) is 0.208. The van der Waals surface area contributed by atoms with Crippen LogP contribution in [0.15, 0.2) is 78.9 Å². The molecule has 1 unspecified atom stereocenters. The van der Waals surface area contributed by atoms with Gasteiger partial charge in [0.15, 0.2) is 0 Å². The summed E-state index contributed by atoms with van der Waals surface area (Å²) >= 11 is 0. The Hall–Kier alpha value is -2.98. The molecular weight excluding hydrogens is 353 g/mol. The van der Waals surface area contributed by atoms with E-state index >= 15 is 0 Å². The maximum atomic E-state index is 14.1. The highest BCUT2D eigenvalue weighted by Crippen LogP contribution is 2.26. The molecule has 0 aromatic heterocycles. The van der Waals surface area contributed by atoms with E-state index in [0.29, 0.717) is 5.56 Å². The molecule has 0 saturated heterocycles. The van der Waals surface area contributed by atoms with Crippen molar-refractivity contribution < 1.29 is 13.9 Å². The van der Waals surface area contributed by atoms with Crippen molar-refractivity contribution in [1.29, 1.82) is 0 Å². The second-order valence-corrected chi connectivity index (χ2v) is 6.93. The molecule has 0 aliphatic rings. The van der Waals surface area contributed by atoms with E-state index in [-0.39, 0.29) is 24.7 Å². The summed E-state index contributed by atoms with van der Waals surface area (Å²) in [7, 11) is 1.51. The predicted molar refractivity (Wildman–Crippen MR) is 109 cm³/mol. The Balaban J connectivity index is 1.61. The highest BCUT2D eigenvalue weighted by atomic mass is 19.1. The van der Waals surface area contributed by atoms with Crippen molar-refractivity contribution in [2.75, 3.05) is 13.7 Å². The van der Waals surface area contributed by atoms with Crippen LogP contribution in [0.1, 0.15) is 18.1 Å². The lowest BCUT2D eigenvalue weighted by Crippen LogP contribution is -2.41. The Morgan fingerprint density at radius 2 is 1.54 bits per heavy atom. The first kappa shape index (κ1) is 19.8. The largest absolute Gasteiger partial charge is 0.372 e. The van der Waals surface area contributed by atoms with Crippen molar-refractivity contribution in [2.45, 2.75) is 18.9 Å². The van der Waals surface area contributed by atoms with Gasteiger partial charge in [0.1, 0.15) is 11.4 Å². The van der Waals surface area contributed by atoms with Crippen LogP contribution in [-0.2, 0) is 21.6 Å². The molecule has 1 atom stereocenters. The van der Waals surface area contributed by atoms with E-state index in [1.807, 2.05) is 42.5 Å². The first-order valence-corrected chi connectivity index (χ1v) is 9.23. The minimum absolute atomic E-state index is 0.132. The lowest BCUT2D eigenvalue weighted by Gasteiger charge is -2.29. The zero-order chi connectivity index (χ0) is 20.0. The molecule has 1 amide bonds. The summed E-state index contributed by atoms with van der Waals surface area (Å²) in [5, 5.41) is 2.86. The molecule has 0 saturated carbocycles. The van der Waals surface area contributed by atoms with Crippen LogP contribution in [0.2, 0.25) is 0 Å². The van der Waals surface area contributed by atoms with Crippen LogP contribution in [0.3, 0.4) is 0 Å². The van der Waals surface area contributed by atoms with Gasteiger partial charge in [-0.15, -0.1) is 0 Å². The number of halogens is 1. The van der Waals surface area contributed by atoms with Gasteiger partial charge in [-0.3, -0.25) is 4.79 Å². The van der Waals surface area contributed by atoms with Gasteiger partial charge in [-0.25, -0.2) is 4.39 Å². The SMILES string of the molecule is COC(C)(CNC(=O)Cc1ccc(-c2ccccc2)cc1)c1ccccc1F.